The van der Waals surface area contributed by atoms with Gasteiger partial charge in [0.15, 0.2) is 5.82 Å². The molecule has 1 rings (SSSR count). The van der Waals surface area contributed by atoms with Crippen molar-refractivity contribution in [3.05, 3.63) is 11.7 Å². The van der Waals surface area contributed by atoms with Crippen molar-refractivity contribution < 1.29 is 9.32 Å². The fourth-order valence-corrected chi connectivity index (χ4v) is 1.08. The molecule has 0 bridgehead atoms. The fraction of sp³-hybridized carbons (Fsp3) is 0.667. The number of nitrogens with one attached hydrogen (secondary N) is 2. The third kappa shape index (κ3) is 4.55. The maximum Gasteiger partial charge on any atom is 0.228 e. The lowest BCUT2D eigenvalue weighted by Gasteiger charge is -2.02. The van der Waals surface area contributed by atoms with Gasteiger partial charge in [0.25, 0.3) is 0 Å². The molecule has 1 aromatic rings. The van der Waals surface area contributed by atoms with Gasteiger partial charge in [0.05, 0.1) is 0 Å². The first kappa shape index (κ1) is 11.6. The molecule has 0 spiro atoms. The van der Waals surface area contributed by atoms with Crippen LogP contribution >= 0.6 is 0 Å². The molecule has 1 heterocycles. The van der Waals surface area contributed by atoms with Gasteiger partial charge >= 0.3 is 0 Å². The molecule has 1 amide bonds. The van der Waals surface area contributed by atoms with Gasteiger partial charge < -0.3 is 15.2 Å². The maximum atomic E-state index is 11.2. The van der Waals surface area contributed by atoms with Crippen LogP contribution in [0.3, 0.4) is 0 Å². The summed E-state index contributed by atoms with van der Waals surface area (Å²) >= 11 is 0. The molecule has 0 saturated carbocycles. The van der Waals surface area contributed by atoms with Gasteiger partial charge in [-0.25, -0.2) is 0 Å². The molecular formula is C9H16N4O2. The molecular weight excluding hydrogens is 196 g/mol. The molecule has 0 aromatic carbocycles. The van der Waals surface area contributed by atoms with Crippen LogP contribution in [0.4, 0.5) is 0 Å². The Morgan fingerprint density at radius 3 is 2.87 bits per heavy atom. The summed E-state index contributed by atoms with van der Waals surface area (Å²) in [5, 5.41) is 9.33. The Hall–Kier alpha value is -1.43. The number of hydrogen-bond donors (Lipinski definition) is 2. The van der Waals surface area contributed by atoms with E-state index in [1.165, 1.54) is 0 Å². The molecule has 0 unspecified atom stereocenters. The van der Waals surface area contributed by atoms with Crippen molar-refractivity contribution in [3.63, 3.8) is 0 Å². The SMILES string of the molecule is CNCCC(=O)NCCc1nc(C)no1. The first-order valence-electron chi connectivity index (χ1n) is 4.93. The Bertz CT molecular complexity index is 311. The Morgan fingerprint density at radius 2 is 2.27 bits per heavy atom. The average Bonchev–Trinajstić information content (AvgIpc) is 2.61. The van der Waals surface area contributed by atoms with Crippen molar-refractivity contribution in [2.75, 3.05) is 20.1 Å². The summed E-state index contributed by atoms with van der Waals surface area (Å²) in [4.78, 5) is 15.2. The lowest BCUT2D eigenvalue weighted by molar-refractivity contribution is -0.120. The van der Waals surface area contributed by atoms with E-state index >= 15 is 0 Å². The van der Waals surface area contributed by atoms with Crippen molar-refractivity contribution in [2.24, 2.45) is 0 Å². The lowest BCUT2D eigenvalue weighted by atomic mass is 10.3. The van der Waals surface area contributed by atoms with E-state index in [0.29, 0.717) is 37.6 Å². The van der Waals surface area contributed by atoms with Crippen molar-refractivity contribution in [2.45, 2.75) is 19.8 Å². The Balaban J connectivity index is 2.13. The van der Waals surface area contributed by atoms with E-state index in [2.05, 4.69) is 20.8 Å². The van der Waals surface area contributed by atoms with Crippen LogP contribution in [0.25, 0.3) is 0 Å². The standard InChI is InChI=1S/C9H16N4O2/c1-7-12-9(15-13-7)4-6-11-8(14)3-5-10-2/h10H,3-6H2,1-2H3,(H,11,14). The number of aromatic nitrogens is 2. The monoisotopic (exact) mass is 212 g/mol. The largest absolute Gasteiger partial charge is 0.356 e. The smallest absolute Gasteiger partial charge is 0.228 e. The van der Waals surface area contributed by atoms with E-state index in [-0.39, 0.29) is 5.91 Å². The first-order valence-corrected chi connectivity index (χ1v) is 4.93. The summed E-state index contributed by atoms with van der Waals surface area (Å²) in [6, 6.07) is 0. The molecule has 0 fully saturated rings. The van der Waals surface area contributed by atoms with E-state index in [1.54, 1.807) is 6.92 Å². The van der Waals surface area contributed by atoms with E-state index in [9.17, 15) is 4.79 Å². The van der Waals surface area contributed by atoms with Crippen LogP contribution in [0.1, 0.15) is 18.1 Å². The molecule has 6 nitrogen and oxygen atoms in total. The molecule has 84 valence electrons. The summed E-state index contributed by atoms with van der Waals surface area (Å²) < 4.78 is 4.90. The molecule has 1 aromatic heterocycles. The highest BCUT2D eigenvalue weighted by Gasteiger charge is 2.03. The Labute approximate surface area is 88.4 Å². The van der Waals surface area contributed by atoms with Gasteiger partial charge in [-0.05, 0) is 14.0 Å². The summed E-state index contributed by atoms with van der Waals surface area (Å²) in [5.41, 5.74) is 0. The average molecular weight is 212 g/mol. The highest BCUT2D eigenvalue weighted by Crippen LogP contribution is 1.95. The van der Waals surface area contributed by atoms with E-state index in [0.717, 1.165) is 0 Å². The Kier molecular flexibility index (Phi) is 4.76. The van der Waals surface area contributed by atoms with Crippen molar-refractivity contribution in [1.82, 2.24) is 20.8 Å². The third-order valence-electron chi connectivity index (χ3n) is 1.83. The summed E-state index contributed by atoms with van der Waals surface area (Å²) in [5.74, 6) is 1.20. The second-order valence-corrected chi connectivity index (χ2v) is 3.19. The predicted octanol–water partition coefficient (Wildman–Crippen LogP) is -0.354. The van der Waals surface area contributed by atoms with Crippen molar-refractivity contribution >= 4 is 5.91 Å². The summed E-state index contributed by atoms with van der Waals surface area (Å²) in [6.45, 7) is 2.98. The number of carbonyl (C=O) groups excluding carboxylic acids is 1. The van der Waals surface area contributed by atoms with Crippen LogP contribution in [0.15, 0.2) is 4.52 Å². The molecule has 0 aliphatic rings. The predicted molar refractivity (Wildman–Crippen MR) is 54.3 cm³/mol. The molecule has 15 heavy (non-hydrogen) atoms. The van der Waals surface area contributed by atoms with Gasteiger partial charge in [-0.2, -0.15) is 4.98 Å². The van der Waals surface area contributed by atoms with Gasteiger partial charge in [0.1, 0.15) is 0 Å². The minimum atomic E-state index is 0.0283. The fourth-order valence-electron chi connectivity index (χ4n) is 1.08. The highest BCUT2D eigenvalue weighted by atomic mass is 16.5. The maximum absolute atomic E-state index is 11.2. The number of nitrogens with zero attached hydrogens (tertiary/aromatic N) is 2. The first-order chi connectivity index (χ1) is 7.22. The van der Waals surface area contributed by atoms with Gasteiger partial charge in [-0.1, -0.05) is 5.16 Å². The molecule has 0 atom stereocenters. The second-order valence-electron chi connectivity index (χ2n) is 3.19. The molecule has 0 aliphatic heterocycles. The minimum Gasteiger partial charge on any atom is -0.356 e. The van der Waals surface area contributed by atoms with Crippen LogP contribution in [-0.2, 0) is 11.2 Å². The molecule has 0 radical (unpaired) electrons. The zero-order valence-corrected chi connectivity index (χ0v) is 9.04. The van der Waals surface area contributed by atoms with E-state index < -0.39 is 0 Å². The summed E-state index contributed by atoms with van der Waals surface area (Å²) in [6.07, 6.45) is 1.06. The van der Waals surface area contributed by atoms with Crippen LogP contribution in [-0.4, -0.2) is 36.2 Å². The van der Waals surface area contributed by atoms with Gasteiger partial charge in [-0.3, -0.25) is 4.79 Å². The molecule has 0 saturated heterocycles. The third-order valence-corrected chi connectivity index (χ3v) is 1.83. The quantitative estimate of drug-likeness (QED) is 0.673. The number of amides is 1. The lowest BCUT2D eigenvalue weighted by Crippen LogP contribution is -2.28. The topological polar surface area (TPSA) is 80.0 Å². The normalized spacial score (nSPS) is 10.3. The highest BCUT2D eigenvalue weighted by molar-refractivity contribution is 5.75. The number of rotatable bonds is 6. The molecule has 0 aliphatic carbocycles. The molecule has 2 N–H and O–H groups in total. The number of carbonyl (C=O) groups is 1. The van der Waals surface area contributed by atoms with E-state index in [1.807, 2.05) is 7.05 Å². The van der Waals surface area contributed by atoms with Crippen LogP contribution < -0.4 is 10.6 Å². The zero-order chi connectivity index (χ0) is 11.1. The summed E-state index contributed by atoms with van der Waals surface area (Å²) in [7, 11) is 1.81. The second kappa shape index (κ2) is 6.13. The number of aryl methyl sites for hydroxylation is 1. The van der Waals surface area contributed by atoms with Gasteiger partial charge in [0.2, 0.25) is 11.8 Å². The van der Waals surface area contributed by atoms with Gasteiger partial charge in [0, 0.05) is 25.9 Å². The van der Waals surface area contributed by atoms with Crippen LogP contribution in [0.5, 0.6) is 0 Å². The number of hydrogen-bond acceptors (Lipinski definition) is 5. The van der Waals surface area contributed by atoms with Crippen molar-refractivity contribution in [1.29, 1.82) is 0 Å². The van der Waals surface area contributed by atoms with Crippen LogP contribution in [0, 0.1) is 6.92 Å². The van der Waals surface area contributed by atoms with E-state index in [4.69, 9.17) is 4.52 Å². The van der Waals surface area contributed by atoms with Gasteiger partial charge in [-0.15, -0.1) is 0 Å². The minimum absolute atomic E-state index is 0.0283. The van der Waals surface area contributed by atoms with Crippen LogP contribution in [0.2, 0.25) is 0 Å². The Morgan fingerprint density at radius 1 is 1.47 bits per heavy atom. The van der Waals surface area contributed by atoms with Crippen molar-refractivity contribution in [3.8, 4) is 0 Å². The zero-order valence-electron chi connectivity index (χ0n) is 9.04. The molecule has 6 heteroatoms.